The molecule has 2 rings (SSSR count). The molecule has 10 atom stereocenters. The zero-order valence-corrected chi connectivity index (χ0v) is 86.1. The van der Waals surface area contributed by atoms with Crippen LogP contribution in [-0.4, -0.2) is 59.8 Å². The molecule has 514 valence electrons. The summed E-state index contributed by atoms with van der Waals surface area (Å²) in [5.41, 5.74) is 0. The lowest BCUT2D eigenvalue weighted by molar-refractivity contribution is -0.150. The molecule has 0 amide bonds. The molecule has 0 aromatic rings. The summed E-state index contributed by atoms with van der Waals surface area (Å²) in [4.78, 5) is 3.54. The van der Waals surface area contributed by atoms with Crippen LogP contribution in [0.2, 0.25) is 36.3 Å². The number of ether oxygens (including phenoxy) is 2. The first-order chi connectivity index (χ1) is 41.4. The Kier molecular flexibility index (Phi) is 72.3. The smallest absolute Gasteiger partial charge is 0.240 e. The van der Waals surface area contributed by atoms with Gasteiger partial charge in [-0.25, -0.2) is 6.57 Å². The maximum atomic E-state index is 7.12. The second-order valence-electron chi connectivity index (χ2n) is 19.5. The highest BCUT2D eigenvalue weighted by atomic mass is 33.5. The van der Waals surface area contributed by atoms with Crippen LogP contribution in [0.3, 0.4) is 0 Å². The maximum Gasteiger partial charge on any atom is 0.240 e. The minimum absolute atomic E-state index is 0.00887. The second-order valence-corrected chi connectivity index (χ2v) is 98.0. The van der Waals surface area contributed by atoms with Gasteiger partial charge in [0.1, 0.15) is 6.10 Å². The molecule has 0 unspecified atom stereocenters. The van der Waals surface area contributed by atoms with Gasteiger partial charge in [-0.15, -0.1) is 13.2 Å². The molecule has 2 aliphatic heterocycles. The van der Waals surface area contributed by atoms with Crippen LogP contribution in [0.25, 0.3) is 4.85 Å². The summed E-state index contributed by atoms with van der Waals surface area (Å²) < 4.78 is 26.2. The molecule has 2 saturated heterocycles. The van der Waals surface area contributed by atoms with E-state index in [-0.39, 0.29) is 46.5 Å². The second kappa shape index (κ2) is 64.3. The molecule has 50 heteroatoms. The largest absolute Gasteiger partial charge is 0.411 e. The van der Waals surface area contributed by atoms with Crippen LogP contribution in [0.4, 0.5) is 0 Å². The number of hydrogen-bond acceptors (Lipinski definition) is 8. The molecule has 0 aromatic heterocycles. The molecule has 0 aromatic carbocycles. The topological polar surface area (TPSA) is 41.3 Å². The number of rotatable bonds is 11. The third kappa shape index (κ3) is 53.2. The van der Waals surface area contributed by atoms with E-state index in [1.807, 2.05) is 101 Å². The van der Waals surface area contributed by atoms with Crippen molar-refractivity contribution in [3.8, 4) is 0 Å². The first-order valence-electron chi connectivity index (χ1n) is 24.1. The summed E-state index contributed by atoms with van der Waals surface area (Å²) >= 11 is 19.0. The Labute approximate surface area is 654 Å². The van der Waals surface area contributed by atoms with Gasteiger partial charge in [-0.2, -0.15) is 0 Å². The van der Waals surface area contributed by atoms with E-state index in [2.05, 4.69) is 120 Å². The molecule has 0 saturated carbocycles. The van der Waals surface area contributed by atoms with Gasteiger partial charge in [0.25, 0.3) is 0 Å². The molecule has 2 heterocycles. The fourth-order valence-electron chi connectivity index (χ4n) is 6.03. The Morgan fingerprint density at radius 2 is 0.678 bits per heavy atom. The highest BCUT2D eigenvalue weighted by Gasteiger charge is 2.47. The van der Waals surface area contributed by atoms with Crippen molar-refractivity contribution in [3.63, 3.8) is 0 Å². The van der Waals surface area contributed by atoms with Crippen LogP contribution < -0.4 is 0 Å². The SMILES string of the molecule is C=C[C@H](C)[C@@H]1O[C@H](CCC)[C@H](C)C[C@@H]1O[Si](C)(C)C(C)(C)C.S=S=S=S=S=S=S=S=S=S=S=S=S=S=S.S=S=S=S=S=S=S=S=S=S=S=S=S=S=S=S=S=S=S=S=S=S=S=S=S=S=S=S.[C-]#[N+]C[C@H]1O[C@@H]([C@@H](C)C=C)[C@@H](O[Si](C)(C)C(C)(C)C)C[C@H]1C. The van der Waals surface area contributed by atoms with Crippen molar-refractivity contribution in [2.24, 2.45) is 23.7 Å². The molecule has 0 aliphatic carbocycles. The van der Waals surface area contributed by atoms with Crippen LogP contribution >= 0.6 is 0 Å². The molecule has 2 fully saturated rings. The van der Waals surface area contributed by atoms with Gasteiger partial charge in [0.05, 0.1) is 30.5 Å². The Hall–Kier alpha value is 8.70. The van der Waals surface area contributed by atoms with Gasteiger partial charge in [0.15, 0.2) is 16.6 Å². The van der Waals surface area contributed by atoms with Gasteiger partial charge < -0.3 is 23.2 Å². The van der Waals surface area contributed by atoms with Crippen LogP contribution in [0, 0.1) is 30.2 Å². The standard InChI is InChI=1S/C19H38O2Si.C18H33NO2Si.S28.S15/c1-10-12-16-15(4)13-17(18(20-16)14(3)11-2)21-22(8,9)19(5,6)7;1-10-13(2)17-15(21-22(8,9)18(4,5)6)11-14(3)16(20-17)12-19-7;1-3-5-7-9-11-13-15-17-19-21-23-25-27-28-26-24-22-20-18-16-14-12-10-8-6-4-2;1-3-5-7-9-11-13-15-14-12-10-8-6-4-2/h11,14-18H,2,10,12-13H2,1,3-9H3;10,13-17H,1,11-12H2,2-6,8-9H3;;/t14-,15+,16+,17-,18-;13-,14+,15-,16+,17-;;/m00../s1. The predicted octanol–water partition coefficient (Wildman–Crippen LogP) is 10.6. The molecule has 0 spiro atoms. The van der Waals surface area contributed by atoms with Gasteiger partial charge in [0, 0.05) is 403 Å². The third-order valence-electron chi connectivity index (χ3n) is 12.0. The number of nitrogens with zero attached hydrogens (tertiary/aromatic N) is 1. The fourth-order valence-corrected chi connectivity index (χ4v) is 105. The van der Waals surface area contributed by atoms with Crippen molar-refractivity contribution in [2.75, 3.05) is 6.54 Å². The highest BCUT2D eigenvalue weighted by Crippen LogP contribution is 2.43. The third-order valence-corrected chi connectivity index (χ3v) is 103. The monoisotopic (exact) mass is 2020 g/mol. The van der Waals surface area contributed by atoms with Gasteiger partial charge in [0.2, 0.25) is 6.54 Å². The summed E-state index contributed by atoms with van der Waals surface area (Å²) in [5, 5.41) is 0.421. The lowest BCUT2D eigenvalue weighted by atomic mass is 9.85. The van der Waals surface area contributed by atoms with Crippen LogP contribution in [0.1, 0.15) is 102 Å². The van der Waals surface area contributed by atoms with Crippen molar-refractivity contribution < 1.29 is 18.3 Å². The highest BCUT2D eigenvalue weighted by molar-refractivity contribution is 8.80. The first-order valence-corrected chi connectivity index (χ1v) is 84.6. The first kappa shape index (κ1) is 97.8. The van der Waals surface area contributed by atoms with E-state index in [4.69, 9.17) is 69.7 Å². The summed E-state index contributed by atoms with van der Waals surface area (Å²) in [6, 6.07) is 0. The molecule has 0 radical (unpaired) electrons. The van der Waals surface area contributed by atoms with E-state index in [1.54, 1.807) is 222 Å². The molecule has 2 aliphatic rings. The molecule has 5 nitrogen and oxygen atoms in total. The minimum atomic E-state index is -1.84. The van der Waals surface area contributed by atoms with Gasteiger partial charge in [-0.1, -0.05) is 94.7 Å². The Bertz CT molecular complexity index is 3980. The molecular formula is C37H71NO4S43Si2. The average molecular weight is 2030 g/mol. The summed E-state index contributed by atoms with van der Waals surface area (Å²) in [6.45, 7) is 49.5. The van der Waals surface area contributed by atoms with Crippen molar-refractivity contribution >= 4 is 408 Å². The van der Waals surface area contributed by atoms with E-state index in [0.717, 1.165) is 19.3 Å². The Balaban J connectivity index is 0. The van der Waals surface area contributed by atoms with E-state index < -0.39 is 16.6 Å². The molecule has 87 heavy (non-hydrogen) atoms. The van der Waals surface area contributed by atoms with Crippen LogP contribution in [-0.2, 0) is 409 Å². The van der Waals surface area contributed by atoms with Crippen molar-refractivity contribution in [1.29, 1.82) is 0 Å². The van der Waals surface area contributed by atoms with E-state index in [9.17, 15) is 0 Å². The maximum absolute atomic E-state index is 7.12. The lowest BCUT2D eigenvalue weighted by Crippen LogP contribution is -2.54. The average Bonchev–Trinajstić information content (AvgIpc) is 1.39. The Morgan fingerprint density at radius 3 is 0.874 bits per heavy atom. The van der Waals surface area contributed by atoms with Crippen LogP contribution in [0.15, 0.2) is 25.3 Å². The summed E-state index contributed by atoms with van der Waals surface area (Å²) in [6.07, 6.45) is 9.23. The van der Waals surface area contributed by atoms with Gasteiger partial charge in [-0.3, -0.25) is 0 Å². The van der Waals surface area contributed by atoms with Crippen molar-refractivity contribution in [3.05, 3.63) is 36.7 Å². The summed E-state index contributed by atoms with van der Waals surface area (Å²) in [5.74, 6) is 1.50. The van der Waals surface area contributed by atoms with Crippen molar-refractivity contribution in [1.82, 2.24) is 0 Å². The normalized spacial score (nSPS) is 19.7. The van der Waals surface area contributed by atoms with Gasteiger partial charge in [-0.05, 0) is 67.4 Å². The Morgan fingerprint density at radius 1 is 0.460 bits per heavy atom. The number of hydrogen-bond donors (Lipinski definition) is 0. The minimum Gasteiger partial charge on any atom is -0.411 e. The van der Waals surface area contributed by atoms with E-state index >= 15 is 0 Å². The van der Waals surface area contributed by atoms with E-state index in [0.29, 0.717) is 30.4 Å². The zero-order valence-electron chi connectivity index (χ0n) is 49.0. The molecular weight excluding hydrogens is 1960 g/mol. The van der Waals surface area contributed by atoms with E-state index in [1.165, 1.54) is 41.9 Å². The lowest BCUT2D eigenvalue weighted by Gasteiger charge is -2.47. The van der Waals surface area contributed by atoms with Crippen LogP contribution in [0.5, 0.6) is 0 Å². The fraction of sp³-hybridized carbons (Fsp3) is 0.865. The molecule has 0 N–H and O–H groups in total. The van der Waals surface area contributed by atoms with Crippen molar-refractivity contribution in [2.45, 2.75) is 175 Å². The van der Waals surface area contributed by atoms with Gasteiger partial charge >= 0.3 is 0 Å². The predicted molar refractivity (Wildman–Crippen MR) is 511 cm³/mol. The summed E-state index contributed by atoms with van der Waals surface area (Å²) in [7, 11) is 63.5. The quantitative estimate of drug-likeness (QED) is 0.115. The molecule has 0 bridgehead atoms. The zero-order chi connectivity index (χ0) is 65.8.